The lowest BCUT2D eigenvalue weighted by molar-refractivity contribution is 0.540. The van der Waals surface area contributed by atoms with Gasteiger partial charge in [-0.15, -0.1) is 0 Å². The van der Waals surface area contributed by atoms with Crippen LogP contribution in [0.15, 0.2) is 40.9 Å². The number of hydrogen-bond donors (Lipinski definition) is 1. The maximum absolute atomic E-state index is 13.6. The predicted molar refractivity (Wildman–Crippen MR) is 75.9 cm³/mol. The molecule has 0 aliphatic rings. The number of aryl methyl sites for hydroxylation is 1. The second kappa shape index (κ2) is 5.80. The molecule has 0 heterocycles. The van der Waals surface area contributed by atoms with Crippen LogP contribution in [-0.4, -0.2) is 0 Å². The third-order valence-corrected chi connectivity index (χ3v) is 3.44. The van der Waals surface area contributed by atoms with E-state index in [0.717, 1.165) is 15.6 Å². The molecule has 4 heteroatoms. The summed E-state index contributed by atoms with van der Waals surface area (Å²) in [4.78, 5) is 0. The summed E-state index contributed by atoms with van der Waals surface area (Å²) in [5.41, 5.74) is 7.99. The Bertz CT molecular complexity index is 558. The average Bonchev–Trinajstić information content (AvgIpc) is 2.32. The summed E-state index contributed by atoms with van der Waals surface area (Å²) in [5, 5.41) is 0. The van der Waals surface area contributed by atoms with Crippen LogP contribution in [0.5, 0.6) is 0 Å². The molecule has 0 aliphatic heterocycles. The molecule has 2 N–H and O–H groups in total. The number of benzene rings is 2. The Kier molecular flexibility index (Phi) is 4.32. The molecule has 0 spiro atoms. The van der Waals surface area contributed by atoms with Crippen molar-refractivity contribution in [2.75, 3.05) is 0 Å². The summed E-state index contributed by atoms with van der Waals surface area (Å²) in [6.45, 7) is 1.95. The van der Waals surface area contributed by atoms with Gasteiger partial charge in [-0.25, -0.2) is 8.78 Å². The highest BCUT2D eigenvalue weighted by atomic mass is 79.9. The second-order valence-corrected chi connectivity index (χ2v) is 5.49. The maximum Gasteiger partial charge on any atom is 0.129 e. The molecule has 0 aromatic heterocycles. The van der Waals surface area contributed by atoms with Crippen LogP contribution in [0.4, 0.5) is 8.78 Å². The van der Waals surface area contributed by atoms with Gasteiger partial charge in [0.05, 0.1) is 0 Å². The van der Waals surface area contributed by atoms with Gasteiger partial charge in [-0.1, -0.05) is 28.1 Å². The van der Waals surface area contributed by atoms with E-state index in [1.54, 1.807) is 0 Å². The van der Waals surface area contributed by atoms with Gasteiger partial charge >= 0.3 is 0 Å². The number of halogens is 3. The first kappa shape index (κ1) is 14.2. The maximum atomic E-state index is 13.6. The van der Waals surface area contributed by atoms with Crippen LogP contribution in [0.1, 0.15) is 22.7 Å². The van der Waals surface area contributed by atoms with E-state index >= 15 is 0 Å². The Morgan fingerprint density at radius 1 is 1.16 bits per heavy atom. The Morgan fingerprint density at radius 2 is 1.79 bits per heavy atom. The van der Waals surface area contributed by atoms with Crippen molar-refractivity contribution in [1.82, 2.24) is 0 Å². The molecule has 2 rings (SSSR count). The fourth-order valence-corrected chi connectivity index (χ4v) is 2.67. The highest BCUT2D eigenvalue weighted by molar-refractivity contribution is 9.10. The summed E-state index contributed by atoms with van der Waals surface area (Å²) >= 11 is 3.39. The van der Waals surface area contributed by atoms with Crippen LogP contribution in [0.3, 0.4) is 0 Å². The zero-order valence-electron chi connectivity index (χ0n) is 10.5. The smallest absolute Gasteiger partial charge is 0.129 e. The molecule has 2 aromatic carbocycles. The standard InChI is InChI=1S/C15H14BrF2N/c1-9-5-10(7-11(16)6-9)15(19)8-12-13(17)3-2-4-14(12)18/h2-7,15H,8,19H2,1H3. The van der Waals surface area contributed by atoms with Crippen molar-refractivity contribution in [3.63, 3.8) is 0 Å². The Hall–Kier alpha value is -1.26. The highest BCUT2D eigenvalue weighted by Gasteiger charge is 2.14. The fourth-order valence-electron chi connectivity index (χ4n) is 2.04. The molecule has 1 unspecified atom stereocenters. The van der Waals surface area contributed by atoms with E-state index in [9.17, 15) is 8.78 Å². The van der Waals surface area contributed by atoms with Crippen LogP contribution in [-0.2, 0) is 6.42 Å². The molecule has 1 nitrogen and oxygen atoms in total. The summed E-state index contributed by atoms with van der Waals surface area (Å²) < 4.78 is 28.1. The van der Waals surface area contributed by atoms with Gasteiger partial charge in [0.15, 0.2) is 0 Å². The number of nitrogens with two attached hydrogens (primary N) is 1. The van der Waals surface area contributed by atoms with Crippen molar-refractivity contribution >= 4 is 15.9 Å². The summed E-state index contributed by atoms with van der Waals surface area (Å²) in [7, 11) is 0. The van der Waals surface area contributed by atoms with Crippen molar-refractivity contribution in [2.24, 2.45) is 5.73 Å². The summed E-state index contributed by atoms with van der Waals surface area (Å²) in [6.07, 6.45) is 0.133. The van der Waals surface area contributed by atoms with E-state index in [4.69, 9.17) is 5.73 Å². The monoisotopic (exact) mass is 325 g/mol. The van der Waals surface area contributed by atoms with E-state index in [0.29, 0.717) is 0 Å². The zero-order chi connectivity index (χ0) is 14.0. The molecule has 0 aliphatic carbocycles. The molecular formula is C15H14BrF2N. The first-order chi connectivity index (χ1) is 8.97. The Labute approximate surface area is 119 Å². The summed E-state index contributed by atoms with van der Waals surface area (Å²) in [6, 6.07) is 9.16. The predicted octanol–water partition coefficient (Wildman–Crippen LogP) is 4.28. The molecule has 0 radical (unpaired) electrons. The number of rotatable bonds is 3. The van der Waals surface area contributed by atoms with Crippen LogP contribution in [0.25, 0.3) is 0 Å². The molecular weight excluding hydrogens is 312 g/mol. The third-order valence-electron chi connectivity index (χ3n) is 2.98. The van der Waals surface area contributed by atoms with Gasteiger partial charge in [0.25, 0.3) is 0 Å². The lowest BCUT2D eigenvalue weighted by atomic mass is 9.98. The first-order valence-electron chi connectivity index (χ1n) is 5.93. The van der Waals surface area contributed by atoms with Crippen LogP contribution in [0.2, 0.25) is 0 Å². The first-order valence-corrected chi connectivity index (χ1v) is 6.72. The molecule has 0 amide bonds. The van der Waals surface area contributed by atoms with Crippen molar-refractivity contribution < 1.29 is 8.78 Å². The molecule has 0 bridgehead atoms. The Balaban J connectivity index is 2.28. The lowest BCUT2D eigenvalue weighted by Gasteiger charge is -2.14. The van der Waals surface area contributed by atoms with Gasteiger partial charge in [-0.3, -0.25) is 0 Å². The molecule has 19 heavy (non-hydrogen) atoms. The highest BCUT2D eigenvalue weighted by Crippen LogP contribution is 2.24. The zero-order valence-corrected chi connectivity index (χ0v) is 12.0. The molecule has 0 fully saturated rings. The molecule has 2 aromatic rings. The van der Waals surface area contributed by atoms with E-state index in [2.05, 4.69) is 15.9 Å². The van der Waals surface area contributed by atoms with Gasteiger partial charge in [0.2, 0.25) is 0 Å². The van der Waals surface area contributed by atoms with Gasteiger partial charge in [-0.05, 0) is 48.7 Å². The minimum atomic E-state index is -0.554. The lowest BCUT2D eigenvalue weighted by Crippen LogP contribution is -2.15. The third kappa shape index (κ3) is 3.39. The normalized spacial score (nSPS) is 12.5. The molecule has 0 saturated carbocycles. The second-order valence-electron chi connectivity index (χ2n) is 4.57. The topological polar surface area (TPSA) is 26.0 Å². The average molecular weight is 326 g/mol. The van der Waals surface area contributed by atoms with Crippen molar-refractivity contribution in [2.45, 2.75) is 19.4 Å². The van der Waals surface area contributed by atoms with Crippen LogP contribution >= 0.6 is 15.9 Å². The molecule has 1 atom stereocenters. The molecule has 0 saturated heterocycles. The minimum absolute atomic E-state index is 0.0348. The van der Waals surface area contributed by atoms with Crippen molar-refractivity contribution in [3.05, 3.63) is 69.2 Å². The van der Waals surface area contributed by atoms with Crippen LogP contribution < -0.4 is 5.73 Å². The van der Waals surface area contributed by atoms with Gasteiger partial charge in [0, 0.05) is 16.1 Å². The van der Waals surface area contributed by atoms with E-state index in [1.165, 1.54) is 18.2 Å². The minimum Gasteiger partial charge on any atom is -0.324 e. The number of hydrogen-bond acceptors (Lipinski definition) is 1. The summed E-state index contributed by atoms with van der Waals surface area (Å²) in [5.74, 6) is -1.11. The quantitative estimate of drug-likeness (QED) is 0.895. The van der Waals surface area contributed by atoms with Gasteiger partial charge < -0.3 is 5.73 Å². The van der Waals surface area contributed by atoms with Crippen molar-refractivity contribution in [3.8, 4) is 0 Å². The largest absolute Gasteiger partial charge is 0.324 e. The molecule has 100 valence electrons. The van der Waals surface area contributed by atoms with Gasteiger partial charge in [-0.2, -0.15) is 0 Å². The van der Waals surface area contributed by atoms with Gasteiger partial charge in [0.1, 0.15) is 11.6 Å². The van der Waals surface area contributed by atoms with E-state index in [1.807, 2.05) is 25.1 Å². The van der Waals surface area contributed by atoms with Crippen LogP contribution in [0, 0.1) is 18.6 Å². The SMILES string of the molecule is Cc1cc(Br)cc(C(N)Cc2c(F)cccc2F)c1. The van der Waals surface area contributed by atoms with Crippen molar-refractivity contribution in [1.29, 1.82) is 0 Å². The van der Waals surface area contributed by atoms with E-state index in [-0.39, 0.29) is 12.0 Å². The Morgan fingerprint density at radius 3 is 2.37 bits per heavy atom. The van der Waals surface area contributed by atoms with E-state index < -0.39 is 17.7 Å². The fraction of sp³-hybridized carbons (Fsp3) is 0.200.